The van der Waals surface area contributed by atoms with Crippen molar-refractivity contribution in [3.63, 3.8) is 0 Å². The summed E-state index contributed by atoms with van der Waals surface area (Å²) in [5.41, 5.74) is 2.99. The van der Waals surface area contributed by atoms with Gasteiger partial charge in [0.25, 0.3) is 0 Å². The smallest absolute Gasteiger partial charge is 0.0916 e. The van der Waals surface area contributed by atoms with Gasteiger partial charge in [0, 0.05) is 6.20 Å². The molecule has 2 aromatic rings. The van der Waals surface area contributed by atoms with Crippen LogP contribution in [0.5, 0.6) is 0 Å². The molecule has 2 nitrogen and oxygen atoms in total. The third-order valence-electron chi connectivity index (χ3n) is 1.63. The molecule has 0 aliphatic heterocycles. The molecule has 0 N–H and O–H groups in total. The summed E-state index contributed by atoms with van der Waals surface area (Å²) in [5, 5.41) is 0. The van der Waals surface area contributed by atoms with Crippen LogP contribution in [0.3, 0.4) is 0 Å². The van der Waals surface area contributed by atoms with E-state index in [4.69, 9.17) is 0 Å². The van der Waals surface area contributed by atoms with E-state index in [1.54, 1.807) is 6.20 Å². The Morgan fingerprint density at radius 1 is 1.45 bits per heavy atom. The first-order chi connectivity index (χ1) is 5.38. The first-order valence-corrected chi connectivity index (χ1v) is 3.46. The maximum atomic E-state index is 4.20. The van der Waals surface area contributed by atoms with E-state index in [-0.39, 0.29) is 0 Å². The van der Waals surface area contributed by atoms with E-state index < -0.39 is 0 Å². The highest BCUT2D eigenvalue weighted by Crippen LogP contribution is 2.10. The molecule has 0 unspecified atom stereocenters. The topological polar surface area (TPSA) is 25.8 Å². The molecule has 0 saturated carbocycles. The molecule has 2 rings (SSSR count). The SMILES string of the molecule is Cc1c[c]nc2cccnc12. The molecule has 0 aliphatic rings. The van der Waals surface area contributed by atoms with Crippen LogP contribution in [0.25, 0.3) is 11.0 Å². The van der Waals surface area contributed by atoms with E-state index in [2.05, 4.69) is 16.2 Å². The Kier molecular flexibility index (Phi) is 1.32. The highest BCUT2D eigenvalue weighted by Gasteiger charge is 1.95. The van der Waals surface area contributed by atoms with Crippen molar-refractivity contribution in [2.24, 2.45) is 0 Å². The van der Waals surface area contributed by atoms with Gasteiger partial charge in [0.05, 0.1) is 17.2 Å². The predicted octanol–water partition coefficient (Wildman–Crippen LogP) is 1.74. The minimum Gasteiger partial charge on any atom is -0.254 e. The van der Waals surface area contributed by atoms with Gasteiger partial charge in [-0.2, -0.15) is 0 Å². The lowest BCUT2D eigenvalue weighted by Gasteiger charge is -1.96. The lowest BCUT2D eigenvalue weighted by molar-refractivity contribution is 1.29. The zero-order valence-electron chi connectivity index (χ0n) is 6.20. The fraction of sp³-hybridized carbons (Fsp3) is 0.111. The van der Waals surface area contributed by atoms with Gasteiger partial charge in [0.1, 0.15) is 0 Å². The van der Waals surface area contributed by atoms with E-state index >= 15 is 0 Å². The summed E-state index contributed by atoms with van der Waals surface area (Å²) in [6.07, 6.45) is 4.59. The Hall–Kier alpha value is -1.44. The summed E-state index contributed by atoms with van der Waals surface area (Å²) in [4.78, 5) is 8.25. The van der Waals surface area contributed by atoms with Crippen LogP contribution in [-0.4, -0.2) is 9.97 Å². The van der Waals surface area contributed by atoms with Crippen molar-refractivity contribution in [3.05, 3.63) is 36.2 Å². The number of pyridine rings is 2. The Balaban J connectivity index is 2.91. The standard InChI is InChI=1S/C9H7N2/c1-7-4-6-10-8-3-2-5-11-9(7)8/h2-5H,1H3. The van der Waals surface area contributed by atoms with E-state index in [1.165, 1.54) is 0 Å². The van der Waals surface area contributed by atoms with Gasteiger partial charge in [-0.15, -0.1) is 0 Å². The molecule has 0 saturated heterocycles. The van der Waals surface area contributed by atoms with Crippen molar-refractivity contribution < 1.29 is 0 Å². The van der Waals surface area contributed by atoms with Crippen molar-refractivity contribution in [2.75, 3.05) is 0 Å². The van der Waals surface area contributed by atoms with Gasteiger partial charge in [-0.05, 0) is 30.7 Å². The maximum absolute atomic E-state index is 4.20. The van der Waals surface area contributed by atoms with Crippen LogP contribution in [0.4, 0.5) is 0 Å². The van der Waals surface area contributed by atoms with E-state index in [1.807, 2.05) is 25.1 Å². The number of fused-ring (bicyclic) bond motifs is 1. The first kappa shape index (κ1) is 6.28. The van der Waals surface area contributed by atoms with E-state index in [0.717, 1.165) is 16.6 Å². The van der Waals surface area contributed by atoms with Crippen molar-refractivity contribution in [3.8, 4) is 0 Å². The maximum Gasteiger partial charge on any atom is 0.0916 e. The zero-order valence-corrected chi connectivity index (χ0v) is 6.20. The highest BCUT2D eigenvalue weighted by molar-refractivity contribution is 5.76. The lowest BCUT2D eigenvalue weighted by atomic mass is 10.2. The van der Waals surface area contributed by atoms with Crippen molar-refractivity contribution >= 4 is 11.0 Å². The molecule has 0 amide bonds. The molecule has 0 bridgehead atoms. The molecule has 0 aromatic carbocycles. The van der Waals surface area contributed by atoms with Crippen LogP contribution in [0.1, 0.15) is 5.56 Å². The van der Waals surface area contributed by atoms with Crippen LogP contribution in [0.15, 0.2) is 24.4 Å². The summed E-state index contributed by atoms with van der Waals surface area (Å²) in [6, 6.07) is 5.66. The molecule has 0 atom stereocenters. The number of nitrogens with zero attached hydrogens (tertiary/aromatic N) is 2. The molecular formula is C9H7N2. The van der Waals surface area contributed by atoms with Gasteiger partial charge in [-0.25, -0.2) is 4.98 Å². The minimum absolute atomic E-state index is 0.910. The zero-order chi connectivity index (χ0) is 7.68. The third-order valence-corrected chi connectivity index (χ3v) is 1.63. The molecule has 2 aromatic heterocycles. The fourth-order valence-corrected chi connectivity index (χ4v) is 1.06. The molecule has 0 aliphatic carbocycles. The number of aromatic nitrogens is 2. The predicted molar refractivity (Wildman–Crippen MR) is 43.1 cm³/mol. The first-order valence-electron chi connectivity index (χ1n) is 3.46. The van der Waals surface area contributed by atoms with Gasteiger partial charge in [0.15, 0.2) is 0 Å². The van der Waals surface area contributed by atoms with Crippen LogP contribution in [0, 0.1) is 13.1 Å². The van der Waals surface area contributed by atoms with Crippen molar-refractivity contribution in [2.45, 2.75) is 6.92 Å². The number of aryl methyl sites for hydroxylation is 1. The monoisotopic (exact) mass is 143 g/mol. The Bertz CT molecular complexity index is 377. The normalized spacial score (nSPS) is 10.3. The van der Waals surface area contributed by atoms with Crippen LogP contribution in [-0.2, 0) is 0 Å². The van der Waals surface area contributed by atoms with Gasteiger partial charge in [-0.1, -0.05) is 0 Å². The van der Waals surface area contributed by atoms with Gasteiger partial charge in [0.2, 0.25) is 0 Å². The second kappa shape index (κ2) is 2.31. The van der Waals surface area contributed by atoms with Crippen LogP contribution in [0.2, 0.25) is 0 Å². The summed E-state index contributed by atoms with van der Waals surface area (Å²) in [6.45, 7) is 2.01. The second-order valence-corrected chi connectivity index (χ2v) is 2.44. The highest BCUT2D eigenvalue weighted by atomic mass is 14.7. The summed E-state index contributed by atoms with van der Waals surface area (Å²) >= 11 is 0. The summed E-state index contributed by atoms with van der Waals surface area (Å²) in [5.74, 6) is 0. The molecule has 2 heteroatoms. The Morgan fingerprint density at radius 3 is 3.18 bits per heavy atom. The quantitative estimate of drug-likeness (QED) is 0.561. The molecule has 11 heavy (non-hydrogen) atoms. The molecule has 0 spiro atoms. The third kappa shape index (κ3) is 0.963. The van der Waals surface area contributed by atoms with Gasteiger partial charge in [-0.3, -0.25) is 4.98 Å². The molecule has 53 valence electrons. The summed E-state index contributed by atoms with van der Waals surface area (Å²) < 4.78 is 0. The number of hydrogen-bond donors (Lipinski definition) is 0. The molecular weight excluding hydrogens is 136 g/mol. The lowest BCUT2D eigenvalue weighted by Crippen LogP contribution is -1.84. The van der Waals surface area contributed by atoms with Crippen molar-refractivity contribution in [1.82, 2.24) is 9.97 Å². The summed E-state index contributed by atoms with van der Waals surface area (Å²) in [7, 11) is 0. The molecule has 1 radical (unpaired) electrons. The average molecular weight is 143 g/mol. The average Bonchev–Trinajstić information content (AvgIpc) is 2.06. The minimum atomic E-state index is 0.910. The Labute approximate surface area is 64.9 Å². The number of hydrogen-bond acceptors (Lipinski definition) is 2. The number of rotatable bonds is 0. The Morgan fingerprint density at radius 2 is 2.36 bits per heavy atom. The second-order valence-electron chi connectivity index (χ2n) is 2.44. The largest absolute Gasteiger partial charge is 0.254 e. The van der Waals surface area contributed by atoms with E-state index in [0.29, 0.717) is 0 Å². The fourth-order valence-electron chi connectivity index (χ4n) is 1.06. The van der Waals surface area contributed by atoms with Crippen LogP contribution >= 0.6 is 0 Å². The van der Waals surface area contributed by atoms with Gasteiger partial charge < -0.3 is 0 Å². The van der Waals surface area contributed by atoms with E-state index in [9.17, 15) is 0 Å². The van der Waals surface area contributed by atoms with Gasteiger partial charge >= 0.3 is 0 Å². The van der Waals surface area contributed by atoms with Crippen molar-refractivity contribution in [1.29, 1.82) is 0 Å². The van der Waals surface area contributed by atoms with Crippen LogP contribution < -0.4 is 0 Å². The molecule has 2 heterocycles. The molecule has 0 fully saturated rings.